The highest BCUT2D eigenvalue weighted by Crippen LogP contribution is 2.31. The first-order valence-electron chi connectivity index (χ1n) is 7.03. The fraction of sp³-hybridized carbons (Fsp3) is 0.643. The van der Waals surface area contributed by atoms with E-state index >= 15 is 0 Å². The summed E-state index contributed by atoms with van der Waals surface area (Å²) >= 11 is 0. The molecule has 5 heteroatoms. The summed E-state index contributed by atoms with van der Waals surface area (Å²) in [5.41, 5.74) is 1.23. The van der Waals surface area contributed by atoms with Gasteiger partial charge in [0, 0.05) is 25.3 Å². The molecule has 19 heavy (non-hydrogen) atoms. The van der Waals surface area contributed by atoms with Gasteiger partial charge >= 0.3 is 0 Å². The van der Waals surface area contributed by atoms with E-state index in [1.54, 1.807) is 6.20 Å². The van der Waals surface area contributed by atoms with E-state index in [4.69, 9.17) is 0 Å². The van der Waals surface area contributed by atoms with Gasteiger partial charge in [-0.15, -0.1) is 0 Å². The van der Waals surface area contributed by atoms with Gasteiger partial charge in [-0.2, -0.15) is 0 Å². The number of rotatable bonds is 4. The number of carbonyl (C=O) groups excluding carboxylic acids is 1. The van der Waals surface area contributed by atoms with Gasteiger partial charge in [0.2, 0.25) is 0 Å². The van der Waals surface area contributed by atoms with Crippen molar-refractivity contribution in [3.8, 4) is 0 Å². The monoisotopic (exact) mass is 260 g/mol. The van der Waals surface area contributed by atoms with Crippen LogP contribution in [0.1, 0.15) is 35.4 Å². The molecule has 0 spiro atoms. The number of aryl methyl sites for hydroxylation is 1. The Morgan fingerprint density at radius 3 is 2.89 bits per heavy atom. The van der Waals surface area contributed by atoms with Crippen molar-refractivity contribution < 1.29 is 4.79 Å². The van der Waals surface area contributed by atoms with Gasteiger partial charge in [-0.05, 0) is 38.6 Å². The van der Waals surface area contributed by atoms with Gasteiger partial charge in [0.1, 0.15) is 5.69 Å². The molecule has 1 atom stereocenters. The summed E-state index contributed by atoms with van der Waals surface area (Å²) in [5.74, 6) is 0.473. The largest absolute Gasteiger partial charge is 0.350 e. The van der Waals surface area contributed by atoms with Crippen LogP contribution in [0, 0.1) is 12.8 Å². The lowest BCUT2D eigenvalue weighted by Gasteiger charge is -2.15. The first-order chi connectivity index (χ1) is 9.22. The van der Waals surface area contributed by atoms with Gasteiger partial charge in [0.25, 0.3) is 5.91 Å². The second-order valence-electron chi connectivity index (χ2n) is 5.63. The highest BCUT2D eigenvalue weighted by molar-refractivity contribution is 5.91. The van der Waals surface area contributed by atoms with E-state index in [-0.39, 0.29) is 5.91 Å². The molecular formula is C14H20N4O. The van der Waals surface area contributed by atoms with Crippen molar-refractivity contribution in [2.45, 2.75) is 32.2 Å². The molecule has 3 rings (SSSR count). The van der Waals surface area contributed by atoms with Crippen LogP contribution >= 0.6 is 0 Å². The van der Waals surface area contributed by atoms with E-state index in [2.05, 4.69) is 20.2 Å². The summed E-state index contributed by atoms with van der Waals surface area (Å²) in [6.45, 7) is 4.93. The topological polar surface area (TPSA) is 58.1 Å². The highest BCUT2D eigenvalue weighted by Gasteiger charge is 2.34. The maximum atomic E-state index is 11.9. The number of hydrogen-bond acceptors (Lipinski definition) is 4. The molecule has 1 N–H and O–H groups in total. The van der Waals surface area contributed by atoms with Gasteiger partial charge in [-0.3, -0.25) is 9.78 Å². The number of aromatic nitrogens is 2. The normalized spacial score (nSPS) is 23.5. The van der Waals surface area contributed by atoms with Crippen molar-refractivity contribution in [2.24, 2.45) is 5.92 Å². The van der Waals surface area contributed by atoms with Gasteiger partial charge in [-0.25, -0.2) is 4.98 Å². The van der Waals surface area contributed by atoms with Crippen molar-refractivity contribution in [2.75, 3.05) is 19.6 Å². The predicted molar refractivity (Wildman–Crippen MR) is 71.8 cm³/mol. The Bertz CT molecular complexity index is 455. The van der Waals surface area contributed by atoms with Crippen molar-refractivity contribution in [1.82, 2.24) is 20.2 Å². The van der Waals surface area contributed by atoms with Crippen molar-refractivity contribution >= 4 is 5.91 Å². The fourth-order valence-corrected chi connectivity index (χ4v) is 2.64. The van der Waals surface area contributed by atoms with Crippen LogP contribution in [0.2, 0.25) is 0 Å². The first-order valence-corrected chi connectivity index (χ1v) is 7.03. The third kappa shape index (κ3) is 3.10. The third-order valence-corrected chi connectivity index (χ3v) is 3.95. The van der Waals surface area contributed by atoms with Crippen LogP contribution in [0.25, 0.3) is 0 Å². The zero-order valence-electron chi connectivity index (χ0n) is 11.3. The van der Waals surface area contributed by atoms with E-state index in [0.717, 1.165) is 24.8 Å². The Hall–Kier alpha value is -1.49. The molecule has 0 bridgehead atoms. The molecule has 1 saturated carbocycles. The lowest BCUT2D eigenvalue weighted by atomic mass is 10.1. The first kappa shape index (κ1) is 12.5. The number of hydrogen-bond donors (Lipinski definition) is 1. The summed E-state index contributed by atoms with van der Waals surface area (Å²) < 4.78 is 0. The summed E-state index contributed by atoms with van der Waals surface area (Å²) in [5, 5.41) is 2.97. The molecule has 5 nitrogen and oxygen atoms in total. The van der Waals surface area contributed by atoms with Crippen molar-refractivity contribution in [1.29, 1.82) is 0 Å². The molecule has 1 aromatic rings. The Morgan fingerprint density at radius 1 is 1.37 bits per heavy atom. The Morgan fingerprint density at radius 2 is 2.21 bits per heavy atom. The summed E-state index contributed by atoms with van der Waals surface area (Å²) in [6, 6.07) is 0.837. The molecule has 2 heterocycles. The maximum absolute atomic E-state index is 11.9. The van der Waals surface area contributed by atoms with E-state index in [1.807, 2.05) is 6.92 Å². The second-order valence-corrected chi connectivity index (χ2v) is 5.63. The van der Waals surface area contributed by atoms with Gasteiger partial charge in [0.15, 0.2) is 0 Å². The van der Waals surface area contributed by atoms with Crippen molar-refractivity contribution in [3.63, 3.8) is 0 Å². The van der Waals surface area contributed by atoms with Crippen LogP contribution < -0.4 is 5.32 Å². The van der Waals surface area contributed by atoms with Crippen molar-refractivity contribution in [3.05, 3.63) is 23.8 Å². The van der Waals surface area contributed by atoms with Gasteiger partial charge in [0.05, 0.1) is 11.9 Å². The number of nitrogens with one attached hydrogen (secondary N) is 1. The number of amides is 1. The molecule has 1 aliphatic heterocycles. The smallest absolute Gasteiger partial charge is 0.271 e. The maximum Gasteiger partial charge on any atom is 0.271 e. The summed E-state index contributed by atoms with van der Waals surface area (Å²) in [6.07, 6.45) is 7.07. The average molecular weight is 260 g/mol. The van der Waals surface area contributed by atoms with E-state index in [0.29, 0.717) is 11.6 Å². The molecule has 1 aliphatic carbocycles. The summed E-state index contributed by atoms with van der Waals surface area (Å²) in [4.78, 5) is 22.7. The van der Waals surface area contributed by atoms with Crippen LogP contribution in [-0.2, 0) is 0 Å². The predicted octanol–water partition coefficient (Wildman–Crippen LogP) is 0.999. The van der Waals surface area contributed by atoms with Crippen LogP contribution in [0.3, 0.4) is 0 Å². The van der Waals surface area contributed by atoms with Gasteiger partial charge in [-0.1, -0.05) is 0 Å². The standard InChI is InChI=1S/C14H20N4O/c1-10-6-16-13(8-15-10)14(19)17-7-11-4-5-18(9-11)12-2-3-12/h6,8,11-12H,2-5,7,9H2,1H3,(H,17,19). The average Bonchev–Trinajstić information content (AvgIpc) is 3.16. The Kier molecular flexibility index (Phi) is 3.46. The van der Waals surface area contributed by atoms with Gasteiger partial charge < -0.3 is 10.2 Å². The Labute approximate surface area is 113 Å². The fourth-order valence-electron chi connectivity index (χ4n) is 2.64. The third-order valence-electron chi connectivity index (χ3n) is 3.95. The quantitative estimate of drug-likeness (QED) is 0.877. The Balaban J connectivity index is 1.46. The molecule has 102 valence electrons. The van der Waals surface area contributed by atoms with E-state index in [1.165, 1.54) is 32.0 Å². The zero-order valence-corrected chi connectivity index (χ0v) is 11.3. The molecule has 1 saturated heterocycles. The lowest BCUT2D eigenvalue weighted by molar-refractivity contribution is 0.0942. The molecule has 0 radical (unpaired) electrons. The molecule has 2 fully saturated rings. The SMILES string of the molecule is Cc1cnc(C(=O)NCC2CCN(C3CC3)C2)cn1. The zero-order chi connectivity index (χ0) is 13.2. The molecular weight excluding hydrogens is 240 g/mol. The molecule has 0 aromatic carbocycles. The highest BCUT2D eigenvalue weighted by atomic mass is 16.1. The minimum absolute atomic E-state index is 0.114. The van der Waals surface area contributed by atoms with Crippen LogP contribution in [0.15, 0.2) is 12.4 Å². The molecule has 1 aromatic heterocycles. The minimum Gasteiger partial charge on any atom is -0.350 e. The number of carbonyl (C=O) groups is 1. The van der Waals surface area contributed by atoms with E-state index in [9.17, 15) is 4.79 Å². The number of likely N-dealkylation sites (tertiary alicyclic amines) is 1. The van der Waals surface area contributed by atoms with E-state index < -0.39 is 0 Å². The lowest BCUT2D eigenvalue weighted by Crippen LogP contribution is -2.32. The van der Waals surface area contributed by atoms with Crippen LogP contribution in [0.5, 0.6) is 0 Å². The number of nitrogens with zero attached hydrogens (tertiary/aromatic N) is 3. The second kappa shape index (κ2) is 5.25. The molecule has 1 amide bonds. The van der Waals surface area contributed by atoms with Crippen LogP contribution in [-0.4, -0.2) is 46.5 Å². The minimum atomic E-state index is -0.114. The van der Waals surface area contributed by atoms with Crippen LogP contribution in [0.4, 0.5) is 0 Å². The molecule has 1 unspecified atom stereocenters. The summed E-state index contributed by atoms with van der Waals surface area (Å²) in [7, 11) is 0. The molecule has 2 aliphatic rings.